The summed E-state index contributed by atoms with van der Waals surface area (Å²) in [5.41, 5.74) is 1.19. The molecular formula is C10H16N2O4S2. The van der Waals surface area contributed by atoms with Crippen molar-refractivity contribution in [3.8, 4) is 0 Å². The number of benzene rings is 1. The molecule has 8 heteroatoms. The Bertz CT molecular complexity index is 606. The molecule has 1 atom stereocenters. The first kappa shape index (κ1) is 14.9. The molecule has 1 aromatic rings. The maximum atomic E-state index is 11.1. The molecule has 0 aliphatic carbocycles. The lowest BCUT2D eigenvalue weighted by Crippen LogP contribution is -2.25. The lowest BCUT2D eigenvalue weighted by Gasteiger charge is -2.13. The average Bonchev–Trinajstić information content (AvgIpc) is 2.13. The van der Waals surface area contributed by atoms with Crippen molar-refractivity contribution in [2.45, 2.75) is 13.0 Å². The fourth-order valence-corrected chi connectivity index (χ4v) is 2.79. The summed E-state index contributed by atoms with van der Waals surface area (Å²) in [6.07, 6.45) is 2.15. The second kappa shape index (κ2) is 5.25. The molecule has 0 spiro atoms. The van der Waals surface area contributed by atoms with Crippen molar-refractivity contribution in [2.75, 3.05) is 17.2 Å². The highest BCUT2D eigenvalue weighted by Gasteiger charge is 2.11. The van der Waals surface area contributed by atoms with E-state index in [1.54, 1.807) is 31.2 Å². The van der Waals surface area contributed by atoms with E-state index < -0.39 is 20.0 Å². The molecule has 0 amide bonds. The molecule has 6 nitrogen and oxygen atoms in total. The summed E-state index contributed by atoms with van der Waals surface area (Å²) in [6.45, 7) is 1.71. The highest BCUT2D eigenvalue weighted by atomic mass is 32.2. The normalized spacial score (nSPS) is 14.2. The van der Waals surface area contributed by atoms with Gasteiger partial charge in [-0.05, 0) is 24.6 Å². The average molecular weight is 292 g/mol. The number of anilines is 1. The smallest absolute Gasteiger partial charge is 0.229 e. The quantitative estimate of drug-likeness (QED) is 0.834. The summed E-state index contributed by atoms with van der Waals surface area (Å²) >= 11 is 0. The third-order valence-electron chi connectivity index (χ3n) is 2.10. The SMILES string of the molecule is C[C@H](NS(C)(=O)=O)c1ccc(NS(C)(=O)=O)cc1. The zero-order valence-corrected chi connectivity index (χ0v) is 12.0. The fraction of sp³-hybridized carbons (Fsp3) is 0.400. The first-order valence-corrected chi connectivity index (χ1v) is 8.90. The van der Waals surface area contributed by atoms with Gasteiger partial charge in [-0.2, -0.15) is 0 Å². The Morgan fingerprint density at radius 3 is 1.83 bits per heavy atom. The molecule has 1 rings (SSSR count). The van der Waals surface area contributed by atoms with Gasteiger partial charge in [-0.25, -0.2) is 21.6 Å². The van der Waals surface area contributed by atoms with Crippen molar-refractivity contribution >= 4 is 25.7 Å². The Hall–Kier alpha value is -1.12. The molecule has 102 valence electrons. The van der Waals surface area contributed by atoms with Crippen LogP contribution in [-0.2, 0) is 20.0 Å². The van der Waals surface area contributed by atoms with Crippen LogP contribution in [0.15, 0.2) is 24.3 Å². The zero-order valence-electron chi connectivity index (χ0n) is 10.3. The monoisotopic (exact) mass is 292 g/mol. The lowest BCUT2D eigenvalue weighted by molar-refractivity contribution is 0.573. The minimum Gasteiger partial charge on any atom is -0.284 e. The molecular weight excluding hydrogens is 276 g/mol. The molecule has 0 radical (unpaired) electrons. The summed E-state index contributed by atoms with van der Waals surface area (Å²) in [5, 5.41) is 0. The summed E-state index contributed by atoms with van der Waals surface area (Å²) in [7, 11) is -6.57. The molecule has 0 aliphatic rings. The number of sulfonamides is 2. The van der Waals surface area contributed by atoms with Crippen LogP contribution in [0.4, 0.5) is 5.69 Å². The first-order valence-electron chi connectivity index (χ1n) is 5.12. The summed E-state index contributed by atoms with van der Waals surface area (Å²) in [6, 6.07) is 6.12. The lowest BCUT2D eigenvalue weighted by atomic mass is 10.1. The van der Waals surface area contributed by atoms with E-state index in [9.17, 15) is 16.8 Å². The van der Waals surface area contributed by atoms with E-state index in [-0.39, 0.29) is 6.04 Å². The number of hydrogen-bond acceptors (Lipinski definition) is 4. The molecule has 18 heavy (non-hydrogen) atoms. The third kappa shape index (κ3) is 5.48. The van der Waals surface area contributed by atoms with E-state index in [1.807, 2.05) is 0 Å². The molecule has 0 saturated carbocycles. The van der Waals surface area contributed by atoms with Gasteiger partial charge < -0.3 is 0 Å². The Kier molecular flexibility index (Phi) is 4.36. The molecule has 0 fully saturated rings. The van der Waals surface area contributed by atoms with Crippen LogP contribution in [0, 0.1) is 0 Å². The van der Waals surface area contributed by atoms with E-state index in [2.05, 4.69) is 9.44 Å². The second-order valence-electron chi connectivity index (χ2n) is 4.11. The predicted octanol–water partition coefficient (Wildman–Crippen LogP) is 0.668. The van der Waals surface area contributed by atoms with Gasteiger partial charge in [0.1, 0.15) is 0 Å². The van der Waals surface area contributed by atoms with Gasteiger partial charge in [-0.1, -0.05) is 12.1 Å². The van der Waals surface area contributed by atoms with Crippen LogP contribution in [0.3, 0.4) is 0 Å². The van der Waals surface area contributed by atoms with Crippen LogP contribution in [0.25, 0.3) is 0 Å². The van der Waals surface area contributed by atoms with Gasteiger partial charge in [0.2, 0.25) is 20.0 Å². The minimum absolute atomic E-state index is 0.368. The zero-order chi connectivity index (χ0) is 14.0. The maximum Gasteiger partial charge on any atom is 0.229 e. The molecule has 0 heterocycles. The van der Waals surface area contributed by atoms with Crippen LogP contribution in [0.1, 0.15) is 18.5 Å². The van der Waals surface area contributed by atoms with Crippen molar-refractivity contribution in [2.24, 2.45) is 0 Å². The van der Waals surface area contributed by atoms with Crippen molar-refractivity contribution in [1.29, 1.82) is 0 Å². The Morgan fingerprint density at radius 1 is 0.944 bits per heavy atom. The van der Waals surface area contributed by atoms with Gasteiger partial charge in [0.25, 0.3) is 0 Å². The predicted molar refractivity (Wildman–Crippen MR) is 71.3 cm³/mol. The molecule has 0 bridgehead atoms. The first-order chi connectivity index (χ1) is 8.07. The van der Waals surface area contributed by atoms with Crippen molar-refractivity contribution < 1.29 is 16.8 Å². The Labute approximate surface area is 108 Å². The topological polar surface area (TPSA) is 92.3 Å². The third-order valence-corrected chi connectivity index (χ3v) is 3.49. The molecule has 1 aromatic carbocycles. The summed E-state index contributed by atoms with van der Waals surface area (Å²) < 4.78 is 48.9. The van der Waals surface area contributed by atoms with Crippen LogP contribution in [0.5, 0.6) is 0 Å². The number of nitrogens with one attached hydrogen (secondary N) is 2. The fourth-order valence-electron chi connectivity index (χ4n) is 1.44. The largest absolute Gasteiger partial charge is 0.284 e. The summed E-state index contributed by atoms with van der Waals surface area (Å²) in [4.78, 5) is 0. The van der Waals surface area contributed by atoms with Crippen LogP contribution in [-0.4, -0.2) is 29.3 Å². The molecule has 0 unspecified atom stereocenters. The van der Waals surface area contributed by atoms with Gasteiger partial charge in [0.15, 0.2) is 0 Å². The van der Waals surface area contributed by atoms with Crippen LogP contribution < -0.4 is 9.44 Å². The molecule has 2 N–H and O–H groups in total. The Balaban J connectivity index is 2.83. The second-order valence-corrected chi connectivity index (χ2v) is 7.64. The maximum absolute atomic E-state index is 11.1. The summed E-state index contributed by atoms with van der Waals surface area (Å²) in [5.74, 6) is 0. The van der Waals surface area contributed by atoms with Crippen molar-refractivity contribution in [1.82, 2.24) is 4.72 Å². The number of rotatable bonds is 5. The standard InChI is InChI=1S/C10H16N2O4S2/c1-8(11-17(2,13)14)9-4-6-10(7-5-9)12-18(3,15)16/h4-8,11-12H,1-3H3/t8-/m0/s1. The van der Waals surface area contributed by atoms with Gasteiger partial charge >= 0.3 is 0 Å². The highest BCUT2D eigenvalue weighted by molar-refractivity contribution is 7.92. The van der Waals surface area contributed by atoms with Gasteiger partial charge in [-0.3, -0.25) is 4.72 Å². The van der Waals surface area contributed by atoms with Gasteiger partial charge in [-0.15, -0.1) is 0 Å². The number of hydrogen-bond donors (Lipinski definition) is 2. The van der Waals surface area contributed by atoms with Crippen molar-refractivity contribution in [3.05, 3.63) is 29.8 Å². The van der Waals surface area contributed by atoms with Crippen molar-refractivity contribution in [3.63, 3.8) is 0 Å². The van der Waals surface area contributed by atoms with E-state index >= 15 is 0 Å². The molecule has 0 saturated heterocycles. The highest BCUT2D eigenvalue weighted by Crippen LogP contribution is 2.17. The minimum atomic E-state index is -3.30. The van der Waals surface area contributed by atoms with Gasteiger partial charge in [0.05, 0.1) is 12.5 Å². The molecule has 0 aliphatic heterocycles. The van der Waals surface area contributed by atoms with E-state index in [1.165, 1.54) is 0 Å². The molecule has 0 aromatic heterocycles. The van der Waals surface area contributed by atoms with E-state index in [4.69, 9.17) is 0 Å². The van der Waals surface area contributed by atoms with Crippen LogP contribution >= 0.6 is 0 Å². The van der Waals surface area contributed by atoms with E-state index in [0.717, 1.165) is 18.1 Å². The van der Waals surface area contributed by atoms with Gasteiger partial charge in [0, 0.05) is 11.7 Å². The Morgan fingerprint density at radius 2 is 1.44 bits per heavy atom. The van der Waals surface area contributed by atoms with Crippen LogP contribution in [0.2, 0.25) is 0 Å². The van der Waals surface area contributed by atoms with E-state index in [0.29, 0.717) is 5.69 Å².